The van der Waals surface area contributed by atoms with Crippen LogP contribution < -0.4 is 17.4 Å². The Morgan fingerprint density at radius 1 is 0.294 bits per heavy atom. The molecule has 166 valence electrons. The van der Waals surface area contributed by atoms with Crippen LogP contribution in [0.15, 0.2) is 146 Å². The van der Waals surface area contributed by atoms with Crippen LogP contribution >= 0.6 is 0 Å². The summed E-state index contributed by atoms with van der Waals surface area (Å²) in [5.74, 6) is 0. The molecule has 0 aliphatic carbocycles. The monoisotopic (exact) mass is 562 g/mol. The molecular formula is C32H28As2. The Labute approximate surface area is 212 Å². The average Bonchev–Trinajstić information content (AvgIpc) is 2.93. The summed E-state index contributed by atoms with van der Waals surface area (Å²) in [5.41, 5.74) is 3.06. The van der Waals surface area contributed by atoms with Gasteiger partial charge in [-0.3, -0.25) is 0 Å². The van der Waals surface area contributed by atoms with Gasteiger partial charge in [0.1, 0.15) is 0 Å². The van der Waals surface area contributed by atoms with Crippen LogP contribution in [0, 0.1) is 0 Å². The SMILES string of the molecule is c1ccc([As](Cc2ccccc2C[As](c2ccccc2)c2ccccc2)c2ccccc2)cc1. The molecule has 0 saturated carbocycles. The van der Waals surface area contributed by atoms with Gasteiger partial charge in [0.15, 0.2) is 0 Å². The van der Waals surface area contributed by atoms with Crippen molar-refractivity contribution in [2.45, 2.75) is 10.4 Å². The van der Waals surface area contributed by atoms with Crippen LogP contribution in [0.5, 0.6) is 0 Å². The van der Waals surface area contributed by atoms with Crippen molar-refractivity contribution in [1.29, 1.82) is 0 Å². The second kappa shape index (κ2) is 11.6. The second-order valence-electron chi connectivity index (χ2n) is 8.28. The van der Waals surface area contributed by atoms with Crippen LogP contribution in [-0.2, 0) is 10.4 Å². The molecule has 5 rings (SSSR count). The molecule has 0 amide bonds. The summed E-state index contributed by atoms with van der Waals surface area (Å²) in [6.07, 6.45) is 0. The molecule has 2 heteroatoms. The fraction of sp³-hybridized carbons (Fsp3) is 0.0625. The average molecular weight is 562 g/mol. The van der Waals surface area contributed by atoms with Gasteiger partial charge in [0.2, 0.25) is 0 Å². The van der Waals surface area contributed by atoms with Crippen molar-refractivity contribution in [1.82, 2.24) is 0 Å². The zero-order valence-corrected chi connectivity index (χ0v) is 22.9. The minimum atomic E-state index is -1.47. The van der Waals surface area contributed by atoms with Crippen molar-refractivity contribution >= 4 is 46.7 Å². The molecule has 0 N–H and O–H groups in total. The molecule has 0 heterocycles. The molecule has 0 bridgehead atoms. The molecule has 5 aromatic rings. The van der Waals surface area contributed by atoms with Gasteiger partial charge in [0.25, 0.3) is 0 Å². The van der Waals surface area contributed by atoms with Crippen LogP contribution in [0.2, 0.25) is 0 Å². The molecule has 0 fully saturated rings. The van der Waals surface area contributed by atoms with Gasteiger partial charge < -0.3 is 0 Å². The summed E-state index contributed by atoms with van der Waals surface area (Å²) in [6.45, 7) is 0. The zero-order chi connectivity index (χ0) is 23.0. The second-order valence-corrected chi connectivity index (χ2v) is 17.5. The first-order chi connectivity index (χ1) is 16.9. The standard InChI is InChI=1S/C32H28As2/c1-5-17-29(18-6-1)33(30-19-7-2-8-20-30)25-27-15-13-14-16-28(27)26-34(31-21-9-3-10-22-31)32-23-11-4-12-24-32/h1-24H,25-26H2. The molecule has 5 aromatic carbocycles. The molecule has 0 aliphatic heterocycles. The summed E-state index contributed by atoms with van der Waals surface area (Å²) in [4.78, 5) is 0. The van der Waals surface area contributed by atoms with Crippen molar-refractivity contribution in [3.05, 3.63) is 157 Å². The predicted molar refractivity (Wildman–Crippen MR) is 150 cm³/mol. The van der Waals surface area contributed by atoms with E-state index in [2.05, 4.69) is 146 Å². The van der Waals surface area contributed by atoms with Gasteiger partial charge in [-0.15, -0.1) is 0 Å². The first-order valence-electron chi connectivity index (χ1n) is 11.7. The van der Waals surface area contributed by atoms with E-state index in [1.807, 2.05) is 0 Å². The van der Waals surface area contributed by atoms with E-state index in [-0.39, 0.29) is 0 Å². The Balaban J connectivity index is 1.51. The molecule has 0 aromatic heterocycles. The quantitative estimate of drug-likeness (QED) is 0.245. The third-order valence-corrected chi connectivity index (χ3v) is 16.5. The molecule has 0 radical (unpaired) electrons. The molecule has 0 nitrogen and oxygen atoms in total. The van der Waals surface area contributed by atoms with Crippen molar-refractivity contribution < 1.29 is 0 Å². The first-order valence-corrected chi connectivity index (χ1v) is 18.1. The fourth-order valence-corrected chi connectivity index (χ4v) is 14.3. The van der Waals surface area contributed by atoms with Crippen molar-refractivity contribution in [2.75, 3.05) is 0 Å². The van der Waals surface area contributed by atoms with Gasteiger partial charge >= 0.3 is 214 Å². The summed E-state index contributed by atoms with van der Waals surface area (Å²) in [7, 11) is 0. The summed E-state index contributed by atoms with van der Waals surface area (Å²) >= 11 is -2.94. The van der Waals surface area contributed by atoms with Gasteiger partial charge in [-0.2, -0.15) is 0 Å². The molecule has 0 spiro atoms. The number of hydrogen-bond donors (Lipinski definition) is 0. The van der Waals surface area contributed by atoms with Crippen molar-refractivity contribution in [3.8, 4) is 0 Å². The Morgan fingerprint density at radius 2 is 0.529 bits per heavy atom. The van der Waals surface area contributed by atoms with Crippen LogP contribution in [0.1, 0.15) is 11.1 Å². The third kappa shape index (κ3) is 5.64. The van der Waals surface area contributed by atoms with E-state index in [1.54, 1.807) is 0 Å². The van der Waals surface area contributed by atoms with E-state index < -0.39 is 29.3 Å². The molecule has 0 unspecified atom stereocenters. The molecular weight excluding hydrogens is 534 g/mol. The van der Waals surface area contributed by atoms with Gasteiger partial charge in [-0.1, -0.05) is 0 Å². The van der Waals surface area contributed by atoms with Crippen LogP contribution in [0.25, 0.3) is 0 Å². The topological polar surface area (TPSA) is 0 Å². The third-order valence-electron chi connectivity index (χ3n) is 6.05. The Morgan fingerprint density at radius 3 is 0.794 bits per heavy atom. The molecule has 0 aliphatic rings. The predicted octanol–water partition coefficient (Wildman–Crippen LogP) is 4.47. The Kier molecular flexibility index (Phi) is 7.82. The van der Waals surface area contributed by atoms with E-state index in [1.165, 1.54) is 28.5 Å². The van der Waals surface area contributed by atoms with E-state index in [0.717, 1.165) is 10.4 Å². The van der Waals surface area contributed by atoms with Crippen LogP contribution in [0.4, 0.5) is 0 Å². The van der Waals surface area contributed by atoms with Crippen LogP contribution in [-0.4, -0.2) is 29.3 Å². The Hall–Kier alpha value is -2.78. The van der Waals surface area contributed by atoms with Crippen LogP contribution in [0.3, 0.4) is 0 Å². The number of benzene rings is 5. The van der Waals surface area contributed by atoms with Crippen molar-refractivity contribution in [2.24, 2.45) is 0 Å². The molecule has 0 saturated heterocycles. The van der Waals surface area contributed by atoms with Gasteiger partial charge in [-0.25, -0.2) is 0 Å². The van der Waals surface area contributed by atoms with E-state index in [9.17, 15) is 0 Å². The summed E-state index contributed by atoms with van der Waals surface area (Å²) in [6, 6.07) is 54.0. The van der Waals surface area contributed by atoms with Gasteiger partial charge in [0, 0.05) is 0 Å². The van der Waals surface area contributed by atoms with E-state index in [0.29, 0.717) is 0 Å². The normalized spacial score (nSPS) is 11.1. The first kappa shape index (κ1) is 23.0. The number of rotatable bonds is 8. The Bertz CT molecular complexity index is 1100. The molecule has 0 atom stereocenters. The summed E-state index contributed by atoms with van der Waals surface area (Å²) < 4.78 is 6.10. The van der Waals surface area contributed by atoms with Gasteiger partial charge in [-0.05, 0) is 0 Å². The molecule has 34 heavy (non-hydrogen) atoms. The maximum absolute atomic E-state index is 2.38. The van der Waals surface area contributed by atoms with Crippen molar-refractivity contribution in [3.63, 3.8) is 0 Å². The van der Waals surface area contributed by atoms with E-state index in [4.69, 9.17) is 0 Å². The van der Waals surface area contributed by atoms with E-state index >= 15 is 0 Å². The maximum atomic E-state index is 2.38. The fourth-order valence-electron chi connectivity index (χ4n) is 4.30. The summed E-state index contributed by atoms with van der Waals surface area (Å²) in [5, 5.41) is 2.31. The minimum absolute atomic E-state index is 1.16. The number of hydrogen-bond acceptors (Lipinski definition) is 0. The zero-order valence-electron chi connectivity index (χ0n) is 19.2. The van der Waals surface area contributed by atoms with Gasteiger partial charge in [0.05, 0.1) is 0 Å².